The van der Waals surface area contributed by atoms with E-state index in [1.165, 1.54) is 28.3 Å². The van der Waals surface area contributed by atoms with Crippen molar-refractivity contribution >= 4 is 23.0 Å². The smallest absolute Gasteiger partial charge is 0.170 e. The largest absolute Gasteiger partial charge is 0.378 e. The number of anilines is 1. The van der Waals surface area contributed by atoms with E-state index in [0.717, 1.165) is 17.4 Å². The van der Waals surface area contributed by atoms with E-state index in [-0.39, 0.29) is 12.1 Å². The first-order valence-corrected chi connectivity index (χ1v) is 11.6. The van der Waals surface area contributed by atoms with Gasteiger partial charge in [0.15, 0.2) is 5.11 Å². The Morgan fingerprint density at radius 1 is 1.09 bits per heavy atom. The Morgan fingerprint density at radius 2 is 1.81 bits per heavy atom. The van der Waals surface area contributed by atoms with Crippen LogP contribution in [0.15, 0.2) is 54.7 Å². The molecule has 2 atom stereocenters. The Labute approximate surface area is 197 Å². The first-order chi connectivity index (χ1) is 15.3. The highest BCUT2D eigenvalue weighted by Gasteiger charge is 2.41. The molecule has 0 bridgehead atoms. The molecule has 32 heavy (non-hydrogen) atoms. The molecular formula is C26H33N5S. The summed E-state index contributed by atoms with van der Waals surface area (Å²) >= 11 is 5.80. The zero-order valence-corrected chi connectivity index (χ0v) is 20.6. The van der Waals surface area contributed by atoms with Gasteiger partial charge in [0.25, 0.3) is 0 Å². The summed E-state index contributed by atoms with van der Waals surface area (Å²) in [4.78, 5) is 9.14. The molecule has 168 valence electrons. The molecule has 1 aromatic carbocycles. The number of aromatic nitrogens is 2. The number of pyridine rings is 1. The molecule has 3 aromatic rings. The molecule has 2 unspecified atom stereocenters. The van der Waals surface area contributed by atoms with E-state index in [0.29, 0.717) is 5.92 Å². The van der Waals surface area contributed by atoms with Gasteiger partial charge in [-0.15, -0.1) is 0 Å². The van der Waals surface area contributed by atoms with Crippen LogP contribution in [-0.4, -0.2) is 40.2 Å². The second-order valence-corrected chi connectivity index (χ2v) is 9.63. The third kappa shape index (κ3) is 4.11. The SMILES string of the molecule is Cc1cc(C2C(c3ccccn3)NC(=S)N2CC(C)C)c(C)n1-c1ccc(N(C)C)cc1. The number of nitrogens with zero attached hydrogens (tertiary/aromatic N) is 4. The summed E-state index contributed by atoms with van der Waals surface area (Å²) in [5.41, 5.74) is 7.15. The normalized spacial score (nSPS) is 18.3. The van der Waals surface area contributed by atoms with E-state index >= 15 is 0 Å². The zero-order chi connectivity index (χ0) is 23.0. The highest BCUT2D eigenvalue weighted by atomic mass is 32.1. The van der Waals surface area contributed by atoms with Gasteiger partial charge < -0.3 is 19.7 Å². The third-order valence-corrected chi connectivity index (χ3v) is 6.53. The number of hydrogen-bond donors (Lipinski definition) is 1. The molecule has 1 aliphatic heterocycles. The molecule has 0 radical (unpaired) electrons. The number of thiocarbonyl (C=S) groups is 1. The van der Waals surface area contributed by atoms with E-state index in [2.05, 4.69) is 103 Å². The summed E-state index contributed by atoms with van der Waals surface area (Å²) < 4.78 is 2.35. The lowest BCUT2D eigenvalue weighted by Gasteiger charge is -2.29. The lowest BCUT2D eigenvalue weighted by molar-refractivity contribution is 0.287. The summed E-state index contributed by atoms with van der Waals surface area (Å²) in [6.45, 7) is 9.78. The molecule has 0 amide bonds. The average molecular weight is 448 g/mol. The van der Waals surface area contributed by atoms with Crippen LogP contribution < -0.4 is 10.2 Å². The van der Waals surface area contributed by atoms with Crippen LogP contribution >= 0.6 is 12.2 Å². The summed E-state index contributed by atoms with van der Waals surface area (Å²) in [5.74, 6) is 0.502. The van der Waals surface area contributed by atoms with Crippen LogP contribution in [0.1, 0.15) is 48.6 Å². The van der Waals surface area contributed by atoms with Crippen molar-refractivity contribution in [3.8, 4) is 5.69 Å². The highest BCUT2D eigenvalue weighted by molar-refractivity contribution is 7.80. The molecular weight excluding hydrogens is 414 g/mol. The highest BCUT2D eigenvalue weighted by Crippen LogP contribution is 2.41. The molecule has 5 nitrogen and oxygen atoms in total. The number of rotatable bonds is 6. The van der Waals surface area contributed by atoms with E-state index in [4.69, 9.17) is 12.2 Å². The number of hydrogen-bond acceptors (Lipinski definition) is 3. The van der Waals surface area contributed by atoms with Crippen LogP contribution in [0.3, 0.4) is 0 Å². The first kappa shape index (κ1) is 22.3. The number of aryl methyl sites for hydroxylation is 1. The standard InChI is InChI=1S/C26H33N5S/c1-17(2)16-30-25(24(28-26(30)32)23-9-7-8-14-27-23)22-15-18(3)31(19(22)4)21-12-10-20(11-13-21)29(5)6/h7-15,17,24-25H,16H2,1-6H3,(H,28,32). The van der Waals surface area contributed by atoms with E-state index < -0.39 is 0 Å². The molecule has 1 saturated heterocycles. The van der Waals surface area contributed by atoms with Crippen molar-refractivity contribution in [2.24, 2.45) is 5.92 Å². The fourth-order valence-electron chi connectivity index (χ4n) is 4.72. The first-order valence-electron chi connectivity index (χ1n) is 11.2. The monoisotopic (exact) mass is 447 g/mol. The molecule has 2 aromatic heterocycles. The van der Waals surface area contributed by atoms with E-state index in [1.54, 1.807) is 0 Å². The van der Waals surface area contributed by atoms with Crippen molar-refractivity contribution < 1.29 is 0 Å². The summed E-state index contributed by atoms with van der Waals surface area (Å²) in [6, 6.07) is 17.3. The molecule has 0 aliphatic carbocycles. The maximum atomic E-state index is 5.80. The van der Waals surface area contributed by atoms with Gasteiger partial charge in [0.2, 0.25) is 0 Å². The van der Waals surface area contributed by atoms with Crippen molar-refractivity contribution in [3.63, 3.8) is 0 Å². The second kappa shape index (κ2) is 8.94. The fraction of sp³-hybridized carbons (Fsp3) is 0.385. The van der Waals surface area contributed by atoms with Gasteiger partial charge in [-0.1, -0.05) is 19.9 Å². The van der Waals surface area contributed by atoms with Gasteiger partial charge in [-0.25, -0.2) is 0 Å². The Kier molecular flexibility index (Phi) is 6.24. The predicted octanol–water partition coefficient (Wildman–Crippen LogP) is 5.18. The minimum Gasteiger partial charge on any atom is -0.378 e. The predicted molar refractivity (Wildman–Crippen MR) is 137 cm³/mol. The number of benzene rings is 1. The van der Waals surface area contributed by atoms with E-state index in [9.17, 15) is 0 Å². The molecule has 1 aliphatic rings. The Balaban J connectivity index is 1.80. The van der Waals surface area contributed by atoms with Crippen molar-refractivity contribution in [2.45, 2.75) is 39.8 Å². The van der Waals surface area contributed by atoms with Crippen molar-refractivity contribution in [3.05, 3.63) is 77.4 Å². The van der Waals surface area contributed by atoms with Crippen molar-refractivity contribution in [1.82, 2.24) is 19.8 Å². The minimum absolute atomic E-state index is 0.0208. The Bertz CT molecular complexity index is 1090. The van der Waals surface area contributed by atoms with Crippen LogP contribution in [0.5, 0.6) is 0 Å². The van der Waals surface area contributed by atoms with Gasteiger partial charge in [0.1, 0.15) is 0 Å². The maximum Gasteiger partial charge on any atom is 0.170 e. The van der Waals surface area contributed by atoms with Crippen LogP contribution in [0.4, 0.5) is 5.69 Å². The van der Waals surface area contributed by atoms with E-state index in [1.807, 2.05) is 18.3 Å². The second-order valence-electron chi connectivity index (χ2n) is 9.25. The van der Waals surface area contributed by atoms with Crippen LogP contribution in [0.2, 0.25) is 0 Å². The molecule has 1 fully saturated rings. The molecule has 6 heteroatoms. The van der Waals surface area contributed by atoms with Crippen LogP contribution in [-0.2, 0) is 0 Å². The third-order valence-electron chi connectivity index (χ3n) is 6.17. The Morgan fingerprint density at radius 3 is 2.41 bits per heavy atom. The zero-order valence-electron chi connectivity index (χ0n) is 19.8. The van der Waals surface area contributed by atoms with Gasteiger partial charge >= 0.3 is 0 Å². The van der Waals surface area contributed by atoms with Gasteiger partial charge in [-0.3, -0.25) is 4.98 Å². The molecule has 0 saturated carbocycles. The van der Waals surface area contributed by atoms with Crippen molar-refractivity contribution in [2.75, 3.05) is 25.5 Å². The lowest BCUT2D eigenvalue weighted by atomic mass is 9.96. The number of nitrogens with one attached hydrogen (secondary N) is 1. The van der Waals surface area contributed by atoms with Gasteiger partial charge in [0, 0.05) is 49.6 Å². The molecule has 3 heterocycles. The van der Waals surface area contributed by atoms with Crippen molar-refractivity contribution in [1.29, 1.82) is 0 Å². The molecule has 0 spiro atoms. The minimum atomic E-state index is 0.0208. The van der Waals surface area contributed by atoms with Gasteiger partial charge in [-0.2, -0.15) is 0 Å². The Hall–Kier alpha value is -2.86. The molecule has 1 N–H and O–H groups in total. The summed E-state index contributed by atoms with van der Waals surface area (Å²) in [7, 11) is 4.13. The van der Waals surface area contributed by atoms with Crippen LogP contribution in [0.25, 0.3) is 5.69 Å². The summed E-state index contributed by atoms with van der Waals surface area (Å²) in [5, 5.41) is 4.38. The lowest BCUT2D eigenvalue weighted by Crippen LogP contribution is -2.33. The summed E-state index contributed by atoms with van der Waals surface area (Å²) in [6.07, 6.45) is 1.86. The quantitative estimate of drug-likeness (QED) is 0.527. The molecule has 4 rings (SSSR count). The topological polar surface area (TPSA) is 36.3 Å². The van der Waals surface area contributed by atoms with Gasteiger partial charge in [-0.05, 0) is 80.0 Å². The van der Waals surface area contributed by atoms with Gasteiger partial charge in [0.05, 0.1) is 17.8 Å². The average Bonchev–Trinajstić information content (AvgIpc) is 3.23. The fourth-order valence-corrected chi connectivity index (χ4v) is 5.03. The van der Waals surface area contributed by atoms with Crippen LogP contribution in [0, 0.1) is 19.8 Å². The maximum absolute atomic E-state index is 5.80.